The van der Waals surface area contributed by atoms with Crippen LogP contribution in [0.5, 0.6) is 0 Å². The summed E-state index contributed by atoms with van der Waals surface area (Å²) in [7, 11) is -2.63. The number of esters is 1. The van der Waals surface area contributed by atoms with Crippen LogP contribution in [-0.2, 0) is 38.6 Å². The molecule has 7 atom stereocenters. The van der Waals surface area contributed by atoms with Crippen LogP contribution in [0.1, 0.15) is 32.8 Å². The van der Waals surface area contributed by atoms with Gasteiger partial charge in [0.1, 0.15) is 31.0 Å². The smallest absolute Gasteiger partial charge is 0.309 e. The van der Waals surface area contributed by atoms with E-state index in [-0.39, 0.29) is 17.9 Å². The first-order valence-corrected chi connectivity index (χ1v) is 13.7. The number of ether oxygens (including phenoxy) is 4. The van der Waals surface area contributed by atoms with Crippen molar-refractivity contribution in [2.24, 2.45) is 11.1 Å². The van der Waals surface area contributed by atoms with Crippen LogP contribution < -0.4 is 4.72 Å². The van der Waals surface area contributed by atoms with Crippen LogP contribution in [0.3, 0.4) is 0 Å². The van der Waals surface area contributed by atoms with E-state index in [0.29, 0.717) is 0 Å². The van der Waals surface area contributed by atoms with Crippen LogP contribution in [0.25, 0.3) is 0 Å². The highest BCUT2D eigenvalue weighted by atomic mass is 32.2. The van der Waals surface area contributed by atoms with Gasteiger partial charge in [-0.3, -0.25) is 4.79 Å². The van der Waals surface area contributed by atoms with Gasteiger partial charge in [-0.25, -0.2) is 13.1 Å². The number of sulfonamides is 1. The van der Waals surface area contributed by atoms with Gasteiger partial charge in [0.05, 0.1) is 30.7 Å². The number of carbonyl (C=O) groups excluding carboxylic acids is 1. The second-order valence-electron chi connectivity index (χ2n) is 9.71. The molecule has 0 amide bonds. The molecule has 0 spiro atoms. The molecule has 0 bridgehead atoms. The Balaban J connectivity index is 1.63. The molecule has 2 saturated heterocycles. The summed E-state index contributed by atoms with van der Waals surface area (Å²) >= 11 is 0. The SMILES string of the molecule is COC(=O)C/C=C\[C@@H](C)[C@@H](/C=N\OC[C@@H](O)[C@H]1O[C@H]2OC(C)(C)O[C@H]2[C@@H]1O)NS(=O)(=O)c1ccc(C)cc1. The van der Waals surface area contributed by atoms with Crippen LogP contribution >= 0.6 is 0 Å². The third kappa shape index (κ3) is 7.82. The second kappa shape index (κ2) is 12.6. The van der Waals surface area contributed by atoms with Gasteiger partial charge in [0.2, 0.25) is 10.0 Å². The lowest BCUT2D eigenvalue weighted by Gasteiger charge is -2.25. The van der Waals surface area contributed by atoms with Crippen molar-refractivity contribution in [2.45, 2.75) is 81.5 Å². The lowest BCUT2D eigenvalue weighted by Crippen LogP contribution is -2.42. The highest BCUT2D eigenvalue weighted by Gasteiger charge is 2.56. The number of hydrogen-bond acceptors (Lipinski definition) is 11. The third-order valence-corrected chi connectivity index (χ3v) is 7.59. The van der Waals surface area contributed by atoms with Crippen LogP contribution in [0.2, 0.25) is 0 Å². The van der Waals surface area contributed by atoms with Crippen molar-refractivity contribution in [3.05, 3.63) is 42.0 Å². The molecule has 0 unspecified atom stereocenters. The quantitative estimate of drug-likeness (QED) is 0.147. The molecule has 3 rings (SSSR count). The van der Waals surface area contributed by atoms with E-state index in [0.717, 1.165) is 5.56 Å². The van der Waals surface area contributed by atoms with E-state index in [4.69, 9.17) is 19.0 Å². The fourth-order valence-electron chi connectivity index (χ4n) is 3.98. The number of carbonyl (C=O) groups is 1. The number of methoxy groups -OCH3 is 1. The van der Waals surface area contributed by atoms with Crippen molar-refractivity contribution < 1.29 is 47.2 Å². The molecule has 0 radical (unpaired) electrons. The summed E-state index contributed by atoms with van der Waals surface area (Å²) in [4.78, 5) is 16.7. The first-order chi connectivity index (χ1) is 17.8. The molecule has 1 aromatic rings. The van der Waals surface area contributed by atoms with E-state index in [9.17, 15) is 23.4 Å². The molecule has 0 aliphatic carbocycles. The number of oxime groups is 1. The number of rotatable bonds is 12. The number of aliphatic hydroxyl groups excluding tert-OH is 2. The summed E-state index contributed by atoms with van der Waals surface area (Å²) < 4.78 is 49.9. The molecule has 38 heavy (non-hydrogen) atoms. The molecule has 2 fully saturated rings. The number of benzene rings is 1. The molecule has 0 aromatic heterocycles. The van der Waals surface area contributed by atoms with E-state index in [2.05, 4.69) is 14.6 Å². The summed E-state index contributed by atoms with van der Waals surface area (Å²) in [6, 6.07) is 5.50. The van der Waals surface area contributed by atoms with Gasteiger partial charge in [-0.15, -0.1) is 0 Å². The number of nitrogens with zero attached hydrogens (tertiary/aromatic N) is 1. The Morgan fingerprint density at radius 2 is 1.95 bits per heavy atom. The van der Waals surface area contributed by atoms with Gasteiger partial charge in [0, 0.05) is 0 Å². The Bertz CT molecular complexity index is 1110. The zero-order valence-electron chi connectivity index (χ0n) is 22.0. The summed E-state index contributed by atoms with van der Waals surface area (Å²) in [5, 5.41) is 24.8. The van der Waals surface area contributed by atoms with Crippen molar-refractivity contribution in [3.8, 4) is 0 Å². The van der Waals surface area contributed by atoms with Crippen LogP contribution in [0, 0.1) is 12.8 Å². The van der Waals surface area contributed by atoms with Crippen molar-refractivity contribution in [1.29, 1.82) is 0 Å². The molecule has 13 heteroatoms. The number of aliphatic hydroxyl groups is 2. The molecule has 1 aromatic carbocycles. The van der Waals surface area contributed by atoms with Gasteiger partial charge < -0.3 is 34.0 Å². The molecular formula is C25H36N2O10S. The monoisotopic (exact) mass is 556 g/mol. The van der Waals surface area contributed by atoms with E-state index < -0.39 is 64.4 Å². The fraction of sp³-hybridized carbons (Fsp3) is 0.600. The molecule has 12 nitrogen and oxygen atoms in total. The normalized spacial score (nSPS) is 27.3. The first kappa shape index (κ1) is 30.2. The molecule has 3 N–H and O–H groups in total. The largest absolute Gasteiger partial charge is 0.469 e. The standard InChI is InChI=1S/C25H36N2O10S/c1-15-9-11-17(12-10-15)38(31,32)27-18(16(2)7-6-8-20(29)33-5)13-26-34-14-19(28)22-21(30)23-24(35-22)37-25(3,4)36-23/h6-7,9-13,16,18-19,21-24,27-28,30H,8,14H2,1-5H3/b7-6-,26-13-/t16-,18-,19-,21-,22-,23+,24+/m1/s1. The highest BCUT2D eigenvalue weighted by Crippen LogP contribution is 2.38. The van der Waals surface area contributed by atoms with Gasteiger partial charge in [-0.1, -0.05) is 41.9 Å². The Morgan fingerprint density at radius 3 is 2.58 bits per heavy atom. The van der Waals surface area contributed by atoms with E-state index >= 15 is 0 Å². The van der Waals surface area contributed by atoms with E-state index in [1.165, 1.54) is 25.5 Å². The molecule has 2 aliphatic heterocycles. The number of aryl methyl sites for hydroxylation is 1. The molecule has 2 heterocycles. The summed E-state index contributed by atoms with van der Waals surface area (Å²) in [5.74, 6) is -1.78. The van der Waals surface area contributed by atoms with E-state index in [1.54, 1.807) is 45.1 Å². The predicted octanol–water partition coefficient (Wildman–Crippen LogP) is 0.998. The Morgan fingerprint density at radius 1 is 1.26 bits per heavy atom. The Kier molecular flexibility index (Phi) is 10.0. The van der Waals surface area contributed by atoms with Crippen molar-refractivity contribution in [1.82, 2.24) is 4.72 Å². The maximum atomic E-state index is 13.0. The average Bonchev–Trinajstić information content (AvgIpc) is 3.32. The Hall–Kier alpha value is -2.39. The summed E-state index contributed by atoms with van der Waals surface area (Å²) in [6.07, 6.45) is -0.483. The topological polar surface area (TPSA) is 162 Å². The van der Waals surface area contributed by atoms with Crippen LogP contribution in [0.15, 0.2) is 46.5 Å². The minimum atomic E-state index is -3.91. The Labute approximate surface area is 222 Å². The maximum Gasteiger partial charge on any atom is 0.309 e. The van der Waals surface area contributed by atoms with Gasteiger partial charge in [-0.05, 0) is 38.8 Å². The van der Waals surface area contributed by atoms with Crippen molar-refractivity contribution in [2.75, 3.05) is 13.7 Å². The van der Waals surface area contributed by atoms with Gasteiger partial charge in [0.15, 0.2) is 12.1 Å². The minimum Gasteiger partial charge on any atom is -0.469 e. The summed E-state index contributed by atoms with van der Waals surface area (Å²) in [6.45, 7) is 6.63. The summed E-state index contributed by atoms with van der Waals surface area (Å²) in [5.41, 5.74) is 0.912. The molecule has 212 valence electrons. The number of nitrogens with one attached hydrogen (secondary N) is 1. The van der Waals surface area contributed by atoms with Gasteiger partial charge in [-0.2, -0.15) is 0 Å². The number of hydrogen-bond donors (Lipinski definition) is 3. The fourth-order valence-corrected chi connectivity index (χ4v) is 5.24. The zero-order chi connectivity index (χ0) is 28.1. The van der Waals surface area contributed by atoms with Crippen molar-refractivity contribution in [3.63, 3.8) is 0 Å². The first-order valence-electron chi connectivity index (χ1n) is 12.2. The highest BCUT2D eigenvalue weighted by molar-refractivity contribution is 7.89. The van der Waals surface area contributed by atoms with Gasteiger partial charge >= 0.3 is 5.97 Å². The molecule has 2 aliphatic rings. The van der Waals surface area contributed by atoms with Crippen LogP contribution in [-0.4, -0.2) is 87.1 Å². The lowest BCUT2D eigenvalue weighted by molar-refractivity contribution is -0.228. The van der Waals surface area contributed by atoms with Crippen LogP contribution in [0.4, 0.5) is 0 Å². The maximum absolute atomic E-state index is 13.0. The molecule has 0 saturated carbocycles. The molecular weight excluding hydrogens is 520 g/mol. The van der Waals surface area contributed by atoms with Gasteiger partial charge in [0.25, 0.3) is 0 Å². The zero-order valence-corrected chi connectivity index (χ0v) is 22.8. The van der Waals surface area contributed by atoms with Crippen molar-refractivity contribution >= 4 is 22.2 Å². The number of fused-ring (bicyclic) bond motifs is 1. The lowest BCUT2D eigenvalue weighted by atomic mass is 10.0. The third-order valence-electron chi connectivity index (χ3n) is 6.11. The second-order valence-corrected chi connectivity index (χ2v) is 11.4. The van der Waals surface area contributed by atoms with E-state index in [1.807, 2.05) is 6.92 Å². The minimum absolute atomic E-state index is 0.0222. The predicted molar refractivity (Wildman–Crippen MR) is 135 cm³/mol. The average molecular weight is 557 g/mol.